The summed E-state index contributed by atoms with van der Waals surface area (Å²) in [5.41, 5.74) is 2.86. The molecule has 0 atom stereocenters. The Kier molecular flexibility index (Phi) is 4.12. The largest absolute Gasteiger partial charge is 0.279 e. The molecule has 3 aromatic rings. The molecule has 4 nitrogen and oxygen atoms in total. The van der Waals surface area contributed by atoms with E-state index in [9.17, 15) is 8.42 Å². The van der Waals surface area contributed by atoms with Gasteiger partial charge in [-0.05, 0) is 55.3 Å². The molecule has 23 heavy (non-hydrogen) atoms. The Hall–Kier alpha value is -1.92. The number of sulfonamides is 1. The van der Waals surface area contributed by atoms with Crippen LogP contribution in [0.25, 0.3) is 10.9 Å². The minimum atomic E-state index is -3.72. The molecule has 0 amide bonds. The summed E-state index contributed by atoms with van der Waals surface area (Å²) in [6.45, 7) is 3.78. The Morgan fingerprint density at radius 1 is 1.09 bits per heavy atom. The summed E-state index contributed by atoms with van der Waals surface area (Å²) in [6.07, 6.45) is 1.67. The summed E-state index contributed by atoms with van der Waals surface area (Å²) in [4.78, 5) is 4.48. The van der Waals surface area contributed by atoms with E-state index in [4.69, 9.17) is 0 Å². The number of pyridine rings is 1. The standard InChI is InChI=1S/C17H15BrN2O2S/c1-11-8-13-4-3-5-16(17(13)19-10-11)23(21,22)20-15-7-6-14(18)9-12(15)2/h3-10,20H,1-2H3. The molecule has 0 aliphatic rings. The molecule has 0 spiro atoms. The van der Waals surface area contributed by atoms with Gasteiger partial charge in [0.25, 0.3) is 10.0 Å². The van der Waals surface area contributed by atoms with Gasteiger partial charge >= 0.3 is 0 Å². The number of rotatable bonds is 3. The molecule has 0 unspecified atom stereocenters. The van der Waals surface area contributed by atoms with Crippen LogP contribution in [0.5, 0.6) is 0 Å². The average Bonchev–Trinajstić information content (AvgIpc) is 2.49. The van der Waals surface area contributed by atoms with Gasteiger partial charge in [-0.1, -0.05) is 28.1 Å². The first-order valence-corrected chi connectivity index (χ1v) is 9.29. The van der Waals surface area contributed by atoms with Crippen molar-refractivity contribution in [2.24, 2.45) is 0 Å². The fourth-order valence-corrected chi connectivity index (χ4v) is 4.19. The number of nitrogens with zero attached hydrogens (tertiary/aromatic N) is 1. The molecule has 0 fully saturated rings. The molecular weight excluding hydrogens is 376 g/mol. The average molecular weight is 391 g/mol. The van der Waals surface area contributed by atoms with E-state index in [1.165, 1.54) is 0 Å². The van der Waals surface area contributed by atoms with Gasteiger partial charge in [0.15, 0.2) is 0 Å². The Bertz CT molecular complexity index is 1000. The zero-order valence-corrected chi connectivity index (χ0v) is 15.1. The second-order valence-corrected chi connectivity index (χ2v) is 7.97. The van der Waals surface area contributed by atoms with Crippen LogP contribution in [0.4, 0.5) is 5.69 Å². The van der Waals surface area contributed by atoms with Gasteiger partial charge in [-0.3, -0.25) is 9.71 Å². The minimum absolute atomic E-state index is 0.178. The Morgan fingerprint density at radius 3 is 2.61 bits per heavy atom. The van der Waals surface area contributed by atoms with Crippen LogP contribution in [0, 0.1) is 13.8 Å². The van der Waals surface area contributed by atoms with E-state index in [1.54, 1.807) is 30.5 Å². The fourth-order valence-electron chi connectivity index (χ4n) is 2.40. The molecule has 6 heteroatoms. The first-order chi connectivity index (χ1) is 10.9. The van der Waals surface area contributed by atoms with Crippen molar-refractivity contribution in [1.82, 2.24) is 4.98 Å². The van der Waals surface area contributed by atoms with E-state index in [1.807, 2.05) is 32.0 Å². The molecule has 0 aliphatic heterocycles. The van der Waals surface area contributed by atoms with Gasteiger partial charge in [0.1, 0.15) is 4.90 Å². The molecule has 0 aliphatic carbocycles. The van der Waals surface area contributed by atoms with Crippen LogP contribution >= 0.6 is 15.9 Å². The van der Waals surface area contributed by atoms with Crippen molar-refractivity contribution in [3.63, 3.8) is 0 Å². The molecule has 1 aromatic heterocycles. The van der Waals surface area contributed by atoms with Gasteiger partial charge in [-0.25, -0.2) is 8.42 Å². The lowest BCUT2D eigenvalue weighted by Gasteiger charge is -2.12. The van der Waals surface area contributed by atoms with E-state index in [-0.39, 0.29) is 4.90 Å². The molecule has 1 heterocycles. The van der Waals surface area contributed by atoms with Crippen LogP contribution < -0.4 is 4.72 Å². The number of nitrogens with one attached hydrogen (secondary N) is 1. The van der Waals surface area contributed by atoms with Crippen molar-refractivity contribution in [1.29, 1.82) is 0 Å². The summed E-state index contributed by atoms with van der Waals surface area (Å²) in [7, 11) is -3.72. The van der Waals surface area contributed by atoms with Crippen LogP contribution in [0.3, 0.4) is 0 Å². The molecular formula is C17H15BrN2O2S. The van der Waals surface area contributed by atoms with E-state index < -0.39 is 10.0 Å². The SMILES string of the molecule is Cc1cnc2c(S(=O)(=O)Nc3ccc(Br)cc3C)cccc2c1. The van der Waals surface area contributed by atoms with Crippen molar-refractivity contribution >= 4 is 42.5 Å². The molecule has 3 rings (SSSR count). The third kappa shape index (κ3) is 3.23. The molecule has 0 radical (unpaired) electrons. The summed E-state index contributed by atoms with van der Waals surface area (Å²) in [5.74, 6) is 0. The number of anilines is 1. The molecule has 2 aromatic carbocycles. The molecule has 0 saturated heterocycles. The molecule has 1 N–H and O–H groups in total. The van der Waals surface area contributed by atoms with Crippen molar-refractivity contribution in [3.05, 3.63) is 64.3 Å². The van der Waals surface area contributed by atoms with Gasteiger partial charge in [0.05, 0.1) is 11.2 Å². The highest BCUT2D eigenvalue weighted by Crippen LogP contribution is 2.26. The van der Waals surface area contributed by atoms with Gasteiger partial charge in [0, 0.05) is 16.1 Å². The first kappa shape index (κ1) is 16.0. The summed E-state index contributed by atoms with van der Waals surface area (Å²) in [5, 5.41) is 0.806. The number of halogens is 1. The third-order valence-corrected chi connectivity index (χ3v) is 5.42. The van der Waals surface area contributed by atoms with Crippen molar-refractivity contribution < 1.29 is 8.42 Å². The second kappa shape index (κ2) is 5.94. The molecule has 118 valence electrons. The van der Waals surface area contributed by atoms with Crippen LogP contribution in [0.15, 0.2) is 58.0 Å². The summed E-state index contributed by atoms with van der Waals surface area (Å²) in [6, 6.07) is 12.5. The summed E-state index contributed by atoms with van der Waals surface area (Å²) < 4.78 is 29.1. The smallest absolute Gasteiger partial charge is 0.264 e. The van der Waals surface area contributed by atoms with Gasteiger partial charge in [-0.2, -0.15) is 0 Å². The van der Waals surface area contributed by atoms with Gasteiger partial charge in [0.2, 0.25) is 0 Å². The highest BCUT2D eigenvalue weighted by atomic mass is 79.9. The number of fused-ring (bicyclic) bond motifs is 1. The minimum Gasteiger partial charge on any atom is -0.279 e. The van der Waals surface area contributed by atoms with Crippen LogP contribution in [0.2, 0.25) is 0 Å². The zero-order valence-electron chi connectivity index (χ0n) is 12.7. The maximum absolute atomic E-state index is 12.8. The van der Waals surface area contributed by atoms with Crippen LogP contribution in [-0.2, 0) is 10.0 Å². The Balaban J connectivity index is 2.10. The zero-order chi connectivity index (χ0) is 16.6. The lowest BCUT2D eigenvalue weighted by molar-refractivity contribution is 0.602. The number of hydrogen-bond donors (Lipinski definition) is 1. The highest BCUT2D eigenvalue weighted by Gasteiger charge is 2.19. The van der Waals surface area contributed by atoms with Gasteiger partial charge < -0.3 is 0 Å². The highest BCUT2D eigenvalue weighted by molar-refractivity contribution is 9.10. The first-order valence-electron chi connectivity index (χ1n) is 7.01. The Labute approximate surface area is 143 Å². The Morgan fingerprint density at radius 2 is 1.87 bits per heavy atom. The molecule has 0 bridgehead atoms. The molecule has 0 saturated carbocycles. The lowest BCUT2D eigenvalue weighted by Crippen LogP contribution is -2.14. The van der Waals surface area contributed by atoms with Crippen molar-refractivity contribution in [2.45, 2.75) is 18.7 Å². The van der Waals surface area contributed by atoms with Crippen molar-refractivity contribution in [3.8, 4) is 0 Å². The van der Waals surface area contributed by atoms with Gasteiger partial charge in [-0.15, -0.1) is 0 Å². The van der Waals surface area contributed by atoms with Crippen LogP contribution in [-0.4, -0.2) is 13.4 Å². The van der Waals surface area contributed by atoms with E-state index in [0.717, 1.165) is 21.0 Å². The normalized spacial score (nSPS) is 11.6. The monoisotopic (exact) mass is 390 g/mol. The summed E-state index contributed by atoms with van der Waals surface area (Å²) >= 11 is 3.37. The number of aromatic nitrogens is 1. The maximum Gasteiger partial charge on any atom is 0.264 e. The number of aryl methyl sites for hydroxylation is 2. The quantitative estimate of drug-likeness (QED) is 0.719. The fraction of sp³-hybridized carbons (Fsp3) is 0.118. The maximum atomic E-state index is 12.8. The van der Waals surface area contributed by atoms with Crippen molar-refractivity contribution in [2.75, 3.05) is 4.72 Å². The number of para-hydroxylation sites is 1. The third-order valence-electron chi connectivity index (χ3n) is 3.53. The van der Waals surface area contributed by atoms with E-state index in [2.05, 4.69) is 25.6 Å². The number of hydrogen-bond acceptors (Lipinski definition) is 3. The topological polar surface area (TPSA) is 59.1 Å². The number of benzene rings is 2. The van der Waals surface area contributed by atoms with E-state index >= 15 is 0 Å². The van der Waals surface area contributed by atoms with Crippen LogP contribution in [0.1, 0.15) is 11.1 Å². The second-order valence-electron chi connectivity index (χ2n) is 5.41. The lowest BCUT2D eigenvalue weighted by atomic mass is 10.2. The predicted octanol–water partition coefficient (Wildman–Crippen LogP) is 4.41. The predicted molar refractivity (Wildman–Crippen MR) is 96.2 cm³/mol. The van der Waals surface area contributed by atoms with E-state index in [0.29, 0.717) is 11.2 Å².